The van der Waals surface area contributed by atoms with Crippen LogP contribution in [-0.2, 0) is 8.58 Å². The molecule has 0 aliphatic carbocycles. The van der Waals surface area contributed by atoms with Gasteiger partial charge >= 0.3 is 16.6 Å². The highest BCUT2D eigenvalue weighted by Gasteiger charge is 2.21. The van der Waals surface area contributed by atoms with Gasteiger partial charge in [-0.15, -0.1) is 0 Å². The molecule has 0 radical (unpaired) electrons. The van der Waals surface area contributed by atoms with Gasteiger partial charge in [0.05, 0.1) is 5.92 Å². The van der Waals surface area contributed by atoms with E-state index in [-0.39, 0.29) is 11.9 Å². The average molecular weight is 143 g/mol. The van der Waals surface area contributed by atoms with Gasteiger partial charge in [-0.05, 0) is 13.0 Å². The number of carbonyl (C=O) groups excluding carboxylic acids is 1. The zero-order valence-electron chi connectivity index (χ0n) is 5.52. The van der Waals surface area contributed by atoms with E-state index < -0.39 is 0 Å². The first-order valence-corrected chi connectivity index (χ1v) is 3.95. The fourth-order valence-electron chi connectivity index (χ4n) is 1.02. The van der Waals surface area contributed by atoms with Crippen LogP contribution in [0.5, 0.6) is 0 Å². The van der Waals surface area contributed by atoms with Gasteiger partial charge in [0.15, 0.2) is 0 Å². The summed E-state index contributed by atoms with van der Waals surface area (Å²) < 4.78 is 4.69. The molecule has 1 aliphatic heterocycles. The molecule has 1 N–H and O–H groups in total. The molecule has 1 atom stereocenters. The fourth-order valence-corrected chi connectivity index (χ4v) is 1.36. The lowest BCUT2D eigenvalue weighted by molar-refractivity contribution is -0.137. The monoisotopic (exact) mass is 143 g/mol. The smallest absolute Gasteiger partial charge is 0.499 e. The van der Waals surface area contributed by atoms with Gasteiger partial charge in [-0.3, -0.25) is 4.79 Å². The van der Waals surface area contributed by atoms with Crippen LogP contribution in [0.3, 0.4) is 0 Å². The largest absolute Gasteiger partial charge is 0.621 e. The molecule has 4 heteroatoms. The molecule has 1 rings (SSSR count). The van der Waals surface area contributed by atoms with Crippen LogP contribution in [0, 0.1) is 5.92 Å². The Morgan fingerprint density at radius 3 is 3.00 bits per heavy atom. The Morgan fingerprint density at radius 1 is 1.78 bits per heavy atom. The number of carbonyl (C=O) groups is 1. The summed E-state index contributed by atoms with van der Waals surface area (Å²) in [5.41, 5.74) is 0. The number of nitrogens with one attached hydrogen (secondary N) is 1. The third-order valence-corrected chi connectivity index (χ3v) is 2.00. The Bertz CT molecular complexity index is 112. The fraction of sp³-hybridized carbons (Fsp3) is 0.800. The van der Waals surface area contributed by atoms with Crippen molar-refractivity contribution in [1.29, 1.82) is 0 Å². The van der Waals surface area contributed by atoms with E-state index in [0.29, 0.717) is 16.6 Å². The molecule has 0 aromatic heterocycles. The Kier molecular flexibility index (Phi) is 2.52. The molecule has 1 unspecified atom stereocenters. The van der Waals surface area contributed by atoms with Crippen molar-refractivity contribution >= 4 is 22.6 Å². The molecule has 1 fully saturated rings. The Hall–Kier alpha value is -0.0375. The highest BCUT2D eigenvalue weighted by Crippen LogP contribution is 2.07. The average Bonchev–Trinajstić information content (AvgIpc) is 2.37. The van der Waals surface area contributed by atoms with E-state index in [1.807, 2.05) is 0 Å². The van der Waals surface area contributed by atoms with Crippen molar-refractivity contribution in [1.82, 2.24) is 5.32 Å². The molecule has 0 aromatic carbocycles. The minimum atomic E-state index is -0.0216. The van der Waals surface area contributed by atoms with Crippen LogP contribution in [0.1, 0.15) is 6.42 Å². The molecule has 0 spiro atoms. The lowest BCUT2D eigenvalue weighted by Gasteiger charge is -2.05. The molecule has 1 heterocycles. The van der Waals surface area contributed by atoms with Crippen molar-refractivity contribution in [2.75, 3.05) is 13.1 Å². The molecular weight excluding hydrogens is 133 g/mol. The maximum Gasteiger partial charge on any atom is 0.499 e. The maximum atomic E-state index is 10.8. The van der Waals surface area contributed by atoms with Crippen molar-refractivity contribution in [2.45, 2.75) is 6.42 Å². The number of rotatable bonds is 1. The van der Waals surface area contributed by atoms with Crippen LogP contribution in [-0.4, -0.2) is 35.7 Å². The summed E-state index contributed by atoms with van der Waals surface area (Å²) >= 11 is 0.530. The third kappa shape index (κ3) is 1.68. The second kappa shape index (κ2) is 3.21. The lowest BCUT2D eigenvalue weighted by atomic mass is 10.1. The number of hydrogen-bond acceptors (Lipinski definition) is 3. The van der Waals surface area contributed by atoms with Crippen LogP contribution >= 0.6 is 0 Å². The Balaban J connectivity index is 2.32. The summed E-state index contributed by atoms with van der Waals surface area (Å²) in [7, 11) is 0. The predicted molar refractivity (Wildman–Crippen MR) is 35.6 cm³/mol. The Labute approximate surface area is 62.5 Å². The van der Waals surface area contributed by atoms with E-state index in [0.717, 1.165) is 19.5 Å². The molecule has 0 aromatic rings. The van der Waals surface area contributed by atoms with Crippen LogP contribution in [0.25, 0.3) is 0 Å². The van der Waals surface area contributed by atoms with Crippen LogP contribution in [0.4, 0.5) is 0 Å². The van der Waals surface area contributed by atoms with Crippen LogP contribution < -0.4 is 5.32 Å². The minimum absolute atomic E-state index is 0.0216. The summed E-state index contributed by atoms with van der Waals surface area (Å²) in [5, 5.41) is 3.10. The quantitative estimate of drug-likeness (QED) is 0.463. The van der Waals surface area contributed by atoms with E-state index in [1.165, 1.54) is 0 Å². The van der Waals surface area contributed by atoms with Crippen molar-refractivity contribution in [2.24, 2.45) is 5.92 Å². The molecule has 1 saturated heterocycles. The van der Waals surface area contributed by atoms with Gasteiger partial charge in [0.25, 0.3) is 5.97 Å². The van der Waals surface area contributed by atoms with Crippen molar-refractivity contribution < 1.29 is 8.58 Å². The molecule has 9 heavy (non-hydrogen) atoms. The molecule has 0 saturated carbocycles. The number of hydrogen-bond donors (Lipinski definition) is 1. The third-order valence-electron chi connectivity index (χ3n) is 1.59. The predicted octanol–water partition coefficient (Wildman–Crippen LogP) is -1.31. The zero-order chi connectivity index (χ0) is 6.69. The van der Waals surface area contributed by atoms with E-state index in [9.17, 15) is 4.79 Å². The summed E-state index contributed by atoms with van der Waals surface area (Å²) in [6.45, 7) is 1.77. The van der Waals surface area contributed by atoms with Gasteiger partial charge in [0.2, 0.25) is 0 Å². The second-order valence-electron chi connectivity index (χ2n) is 2.21. The van der Waals surface area contributed by atoms with Crippen LogP contribution in [0.15, 0.2) is 0 Å². The van der Waals surface area contributed by atoms with Gasteiger partial charge in [-0.1, -0.05) is 0 Å². The summed E-state index contributed by atoms with van der Waals surface area (Å²) in [6.07, 6.45) is 0.946. The maximum absolute atomic E-state index is 10.8. The highest BCUT2D eigenvalue weighted by atomic mass is 27.1. The molecule has 3 nitrogen and oxygen atoms in total. The molecule has 0 bridgehead atoms. The van der Waals surface area contributed by atoms with Crippen molar-refractivity contribution in [3.63, 3.8) is 0 Å². The van der Waals surface area contributed by atoms with Crippen molar-refractivity contribution in [3.8, 4) is 0 Å². The summed E-state index contributed by atoms with van der Waals surface area (Å²) in [4.78, 5) is 10.8. The highest BCUT2D eigenvalue weighted by molar-refractivity contribution is 6.05. The molecular formula is C5H10AlNO2. The van der Waals surface area contributed by atoms with Crippen LogP contribution in [0.2, 0.25) is 0 Å². The van der Waals surface area contributed by atoms with Gasteiger partial charge in [0.1, 0.15) is 0 Å². The minimum Gasteiger partial charge on any atom is -0.621 e. The zero-order valence-corrected chi connectivity index (χ0v) is 7.52. The van der Waals surface area contributed by atoms with E-state index in [2.05, 4.69) is 5.32 Å². The normalized spacial score (nSPS) is 26.0. The first kappa shape index (κ1) is 7.07. The molecule has 50 valence electrons. The summed E-state index contributed by atoms with van der Waals surface area (Å²) in [5.74, 6) is 0.120. The molecule has 1 aliphatic rings. The first-order valence-electron chi connectivity index (χ1n) is 3.13. The SMILES string of the molecule is O=C([O][AlH2])C1CCNC1. The van der Waals surface area contributed by atoms with E-state index >= 15 is 0 Å². The van der Waals surface area contributed by atoms with Gasteiger partial charge < -0.3 is 9.11 Å². The van der Waals surface area contributed by atoms with E-state index in [4.69, 9.17) is 3.79 Å². The van der Waals surface area contributed by atoms with Crippen molar-refractivity contribution in [3.05, 3.63) is 0 Å². The second-order valence-corrected chi connectivity index (χ2v) is 2.62. The van der Waals surface area contributed by atoms with Gasteiger partial charge in [-0.2, -0.15) is 0 Å². The van der Waals surface area contributed by atoms with Gasteiger partial charge in [0, 0.05) is 6.54 Å². The molecule has 0 amide bonds. The van der Waals surface area contributed by atoms with E-state index in [1.54, 1.807) is 0 Å². The standard InChI is InChI=1S/C5H9NO2.Al.2H/c7-5(8)4-1-2-6-3-4;;;/h4,6H,1-3H2,(H,7,8);;;/q;+1;;/p-1. The first-order chi connectivity index (χ1) is 4.34. The Morgan fingerprint density at radius 2 is 2.56 bits per heavy atom. The lowest BCUT2D eigenvalue weighted by Crippen LogP contribution is -2.19. The topological polar surface area (TPSA) is 38.3 Å². The summed E-state index contributed by atoms with van der Waals surface area (Å²) in [6, 6.07) is 0. The van der Waals surface area contributed by atoms with Gasteiger partial charge in [-0.25, -0.2) is 0 Å².